The second-order valence-electron chi connectivity index (χ2n) is 4.19. The van der Waals surface area contributed by atoms with Gasteiger partial charge in [-0.05, 0) is 25.0 Å². The van der Waals surface area contributed by atoms with E-state index in [1.807, 2.05) is 16.8 Å². The summed E-state index contributed by atoms with van der Waals surface area (Å²) in [6, 6.07) is 6.81. The third-order valence-electron chi connectivity index (χ3n) is 3.13. The molecule has 0 N–H and O–H groups in total. The van der Waals surface area contributed by atoms with Crippen LogP contribution in [-0.4, -0.2) is 16.1 Å². The Morgan fingerprint density at radius 3 is 3.00 bits per heavy atom. The molecule has 0 amide bonds. The van der Waals surface area contributed by atoms with Crippen LogP contribution < -0.4 is 0 Å². The summed E-state index contributed by atoms with van der Waals surface area (Å²) < 4.78 is 7.66. The molecule has 0 spiro atoms. The fourth-order valence-electron chi connectivity index (χ4n) is 2.30. The van der Waals surface area contributed by atoms with E-state index in [4.69, 9.17) is 4.74 Å². The number of benzene rings is 1. The van der Waals surface area contributed by atoms with Crippen LogP contribution in [0.3, 0.4) is 0 Å². The Labute approximate surface area is 97.8 Å². The molecule has 0 bridgehead atoms. The molecule has 1 aliphatic heterocycles. The number of fused-ring (bicyclic) bond motifs is 1. The van der Waals surface area contributed by atoms with Crippen LogP contribution in [0.2, 0.25) is 0 Å². The van der Waals surface area contributed by atoms with Crippen molar-refractivity contribution in [3.05, 3.63) is 40.6 Å². The molecular weight excluding hydrogens is 220 g/mol. The Morgan fingerprint density at radius 2 is 2.29 bits per heavy atom. The van der Waals surface area contributed by atoms with Gasteiger partial charge in [-0.3, -0.25) is 10.1 Å². The van der Waals surface area contributed by atoms with Crippen LogP contribution in [0.25, 0.3) is 10.9 Å². The lowest BCUT2D eigenvalue weighted by Gasteiger charge is -2.12. The Balaban J connectivity index is 2.07. The molecule has 1 fully saturated rings. The predicted molar refractivity (Wildman–Crippen MR) is 62.8 cm³/mol. The van der Waals surface area contributed by atoms with Crippen molar-refractivity contribution < 1.29 is 9.66 Å². The second-order valence-corrected chi connectivity index (χ2v) is 4.19. The molecule has 0 aliphatic carbocycles. The van der Waals surface area contributed by atoms with Crippen molar-refractivity contribution in [3.8, 4) is 0 Å². The fraction of sp³-hybridized carbons (Fsp3) is 0.333. The van der Waals surface area contributed by atoms with Gasteiger partial charge < -0.3 is 9.30 Å². The minimum Gasteiger partial charge on any atom is -0.358 e. The highest BCUT2D eigenvalue weighted by Crippen LogP contribution is 2.29. The molecule has 1 atom stereocenters. The van der Waals surface area contributed by atoms with E-state index in [1.54, 1.807) is 12.1 Å². The number of nitrogens with zero attached hydrogens (tertiary/aromatic N) is 2. The number of ether oxygens (including phenoxy) is 1. The summed E-state index contributed by atoms with van der Waals surface area (Å²) in [6.45, 7) is 0.789. The highest BCUT2D eigenvalue weighted by Gasteiger charge is 2.19. The average Bonchev–Trinajstić information content (AvgIpc) is 2.96. The maximum atomic E-state index is 10.7. The minimum absolute atomic E-state index is 0.0777. The van der Waals surface area contributed by atoms with Crippen molar-refractivity contribution in [1.82, 2.24) is 4.57 Å². The zero-order valence-corrected chi connectivity index (χ0v) is 9.20. The lowest BCUT2D eigenvalue weighted by atomic mass is 10.2. The monoisotopic (exact) mass is 232 g/mol. The normalized spacial score (nSPS) is 19.9. The minimum atomic E-state index is -0.372. The number of aromatic nitrogens is 1. The molecule has 1 aromatic heterocycles. The summed E-state index contributed by atoms with van der Waals surface area (Å²) in [5.41, 5.74) is 1.12. The van der Waals surface area contributed by atoms with Crippen LogP contribution in [0.5, 0.6) is 0 Å². The second kappa shape index (κ2) is 3.85. The van der Waals surface area contributed by atoms with Crippen molar-refractivity contribution in [2.45, 2.75) is 19.1 Å². The predicted octanol–water partition coefficient (Wildman–Crippen LogP) is 2.86. The summed E-state index contributed by atoms with van der Waals surface area (Å²) >= 11 is 0. The molecule has 0 saturated carbocycles. The molecular formula is C12H12N2O3. The zero-order chi connectivity index (χ0) is 11.8. The van der Waals surface area contributed by atoms with Crippen LogP contribution in [0.1, 0.15) is 19.1 Å². The highest BCUT2D eigenvalue weighted by molar-refractivity contribution is 5.82. The molecule has 5 heteroatoms. The average molecular weight is 232 g/mol. The van der Waals surface area contributed by atoms with Crippen molar-refractivity contribution in [3.63, 3.8) is 0 Å². The Bertz CT molecular complexity index is 570. The maximum absolute atomic E-state index is 10.7. The summed E-state index contributed by atoms with van der Waals surface area (Å²) in [6.07, 6.45) is 4.08. The first-order chi connectivity index (χ1) is 8.25. The first kappa shape index (κ1) is 10.3. The Hall–Kier alpha value is -1.88. The molecule has 1 aliphatic rings. The lowest BCUT2D eigenvalue weighted by molar-refractivity contribution is -0.384. The van der Waals surface area contributed by atoms with Gasteiger partial charge in [0.15, 0.2) is 0 Å². The SMILES string of the molecule is O=[N+]([O-])c1ccc2c(ccn2C2CCCO2)c1. The largest absolute Gasteiger partial charge is 0.358 e. The van der Waals surface area contributed by atoms with E-state index >= 15 is 0 Å². The highest BCUT2D eigenvalue weighted by atomic mass is 16.6. The molecule has 3 rings (SSSR count). The first-order valence-corrected chi connectivity index (χ1v) is 5.62. The van der Waals surface area contributed by atoms with Gasteiger partial charge in [0, 0.05) is 30.3 Å². The summed E-state index contributed by atoms with van der Waals surface area (Å²) in [4.78, 5) is 10.3. The number of nitro groups is 1. The molecule has 1 saturated heterocycles. The molecule has 17 heavy (non-hydrogen) atoms. The van der Waals surface area contributed by atoms with E-state index in [1.165, 1.54) is 6.07 Å². The molecule has 2 heterocycles. The van der Waals surface area contributed by atoms with Gasteiger partial charge in [-0.15, -0.1) is 0 Å². The van der Waals surface area contributed by atoms with E-state index in [-0.39, 0.29) is 16.8 Å². The van der Waals surface area contributed by atoms with Crippen molar-refractivity contribution in [1.29, 1.82) is 0 Å². The van der Waals surface area contributed by atoms with Gasteiger partial charge in [-0.1, -0.05) is 0 Å². The topological polar surface area (TPSA) is 57.3 Å². The number of rotatable bonds is 2. The summed E-state index contributed by atoms with van der Waals surface area (Å²) in [5.74, 6) is 0. The fourth-order valence-corrected chi connectivity index (χ4v) is 2.30. The van der Waals surface area contributed by atoms with E-state index in [0.29, 0.717) is 0 Å². The first-order valence-electron chi connectivity index (χ1n) is 5.62. The molecule has 1 unspecified atom stereocenters. The molecule has 88 valence electrons. The van der Waals surface area contributed by atoms with Crippen molar-refractivity contribution >= 4 is 16.6 Å². The zero-order valence-electron chi connectivity index (χ0n) is 9.20. The third kappa shape index (κ3) is 1.68. The van der Waals surface area contributed by atoms with Crippen LogP contribution in [0.15, 0.2) is 30.5 Å². The van der Waals surface area contributed by atoms with Gasteiger partial charge in [-0.25, -0.2) is 0 Å². The quantitative estimate of drug-likeness (QED) is 0.591. The van der Waals surface area contributed by atoms with E-state index in [0.717, 1.165) is 30.4 Å². The maximum Gasteiger partial charge on any atom is 0.270 e. The van der Waals surface area contributed by atoms with Crippen molar-refractivity contribution in [2.24, 2.45) is 0 Å². The van der Waals surface area contributed by atoms with Gasteiger partial charge in [0.1, 0.15) is 6.23 Å². The lowest BCUT2D eigenvalue weighted by Crippen LogP contribution is -2.05. The standard InChI is InChI=1S/C12H12N2O3/c15-14(16)10-3-4-11-9(8-10)5-6-13(11)12-2-1-7-17-12/h3-6,8,12H,1-2,7H2. The van der Waals surface area contributed by atoms with Gasteiger partial charge in [0.05, 0.1) is 10.4 Å². The van der Waals surface area contributed by atoms with Gasteiger partial charge in [0.25, 0.3) is 5.69 Å². The van der Waals surface area contributed by atoms with Crippen LogP contribution in [-0.2, 0) is 4.74 Å². The summed E-state index contributed by atoms with van der Waals surface area (Å²) in [5, 5.41) is 11.6. The molecule has 2 aromatic rings. The molecule has 0 radical (unpaired) electrons. The van der Waals surface area contributed by atoms with Crippen molar-refractivity contribution in [2.75, 3.05) is 6.61 Å². The van der Waals surface area contributed by atoms with E-state index in [9.17, 15) is 10.1 Å². The van der Waals surface area contributed by atoms with Gasteiger partial charge in [-0.2, -0.15) is 0 Å². The van der Waals surface area contributed by atoms with Crippen LogP contribution in [0.4, 0.5) is 5.69 Å². The van der Waals surface area contributed by atoms with Crippen LogP contribution in [0, 0.1) is 10.1 Å². The van der Waals surface area contributed by atoms with Crippen LogP contribution >= 0.6 is 0 Å². The van der Waals surface area contributed by atoms with E-state index in [2.05, 4.69) is 0 Å². The molecule has 5 nitrogen and oxygen atoms in total. The number of hydrogen-bond donors (Lipinski definition) is 0. The number of nitro benzene ring substituents is 1. The third-order valence-corrected chi connectivity index (χ3v) is 3.13. The Kier molecular flexibility index (Phi) is 2.33. The molecule has 1 aromatic carbocycles. The van der Waals surface area contributed by atoms with Gasteiger partial charge >= 0.3 is 0 Å². The number of hydrogen-bond acceptors (Lipinski definition) is 3. The Morgan fingerprint density at radius 1 is 1.41 bits per heavy atom. The smallest absolute Gasteiger partial charge is 0.270 e. The summed E-state index contributed by atoms with van der Waals surface area (Å²) in [7, 11) is 0. The van der Waals surface area contributed by atoms with Gasteiger partial charge in [0.2, 0.25) is 0 Å². The van der Waals surface area contributed by atoms with E-state index < -0.39 is 0 Å². The number of non-ortho nitro benzene ring substituents is 1.